The average molecular weight is 727 g/mol. The number of fused-ring (bicyclic) bond motifs is 9. The molecule has 7 heterocycles. The van der Waals surface area contributed by atoms with Gasteiger partial charge in [0.05, 0.1) is 53.1 Å². The predicted octanol–water partition coefficient (Wildman–Crippen LogP) is 1.24. The van der Waals surface area contributed by atoms with Gasteiger partial charge in [-0.2, -0.15) is 0 Å². The van der Waals surface area contributed by atoms with Gasteiger partial charge in [-0.3, -0.25) is 28.8 Å². The third-order valence-corrected chi connectivity index (χ3v) is 12.1. The molecule has 0 radical (unpaired) electrons. The van der Waals surface area contributed by atoms with Gasteiger partial charge < -0.3 is 38.6 Å². The minimum atomic E-state index is -0.958. The molecular weight excluding hydrogens is 691 g/mol. The van der Waals surface area contributed by atoms with E-state index in [0.29, 0.717) is 19.3 Å². The fraction of sp³-hybridized carbons (Fsp3) is 0.697. The molecule has 0 amide bonds. The summed E-state index contributed by atoms with van der Waals surface area (Å²) in [7, 11) is 0. The fourth-order valence-electron chi connectivity index (χ4n) is 10.0. The molecule has 264 valence electrons. The highest BCUT2D eigenvalue weighted by Gasteiger charge is 2.66. The Morgan fingerprint density at radius 1 is 0.714 bits per heavy atom. The van der Waals surface area contributed by atoms with Crippen LogP contribution in [0.15, 0.2) is 24.3 Å². The van der Waals surface area contributed by atoms with Crippen LogP contribution < -0.4 is 0 Å². The third kappa shape index (κ3) is 5.15. The molecule has 18 atom stereocenters. The highest BCUT2D eigenvalue weighted by atomic mass is 35.5. The Hall–Kier alpha value is -3.04. The van der Waals surface area contributed by atoms with E-state index < -0.39 is 42.1 Å². The molecular formula is C33H35Cl2O14+. The number of cyclic esters (lactones) is 2. The number of ether oxygens (including phenoxy) is 6. The maximum absolute atomic E-state index is 12.6. The smallest absolute Gasteiger partial charge is 0.481 e. The van der Waals surface area contributed by atoms with Crippen molar-refractivity contribution in [2.24, 2.45) is 59.2 Å². The SMILES string of the molecule is ClCCl.O=C1OC(=O)C2C3C=CC(C3)C12.O=C1OC2C(O)C3CC1C2O3.O=C1OC2C(OC(=O)C3C4C=CC(C4)C3C(=O)O)C3CC1C2O3.[H+]. The zero-order valence-electron chi connectivity index (χ0n) is 26.8. The summed E-state index contributed by atoms with van der Waals surface area (Å²) in [4.78, 5) is 69.2. The number of halogens is 2. The van der Waals surface area contributed by atoms with Gasteiger partial charge in [0, 0.05) is 0 Å². The number of carbonyl (C=O) groups is 6. The first-order valence-corrected chi connectivity index (χ1v) is 17.6. The van der Waals surface area contributed by atoms with Crippen LogP contribution in [0, 0.1) is 59.2 Å². The molecule has 9 fully saturated rings. The number of allylic oxidation sites excluding steroid dienone is 4. The first-order valence-electron chi connectivity index (χ1n) is 16.6. The van der Waals surface area contributed by atoms with E-state index in [-0.39, 0.29) is 109 Å². The summed E-state index contributed by atoms with van der Waals surface area (Å²) in [6.07, 6.45) is 7.67. The first-order chi connectivity index (χ1) is 23.5. The van der Waals surface area contributed by atoms with Crippen LogP contribution in [0.4, 0.5) is 0 Å². The van der Waals surface area contributed by atoms with Gasteiger partial charge in [0.15, 0.2) is 18.3 Å². The maximum Gasteiger partial charge on any atom is 1.00 e. The minimum absolute atomic E-state index is 0. The number of alkyl halides is 2. The molecule has 0 aromatic carbocycles. The number of carboxylic acid groups (broad SMARTS) is 1. The number of aliphatic hydroxyl groups excluding tert-OH is 1. The van der Waals surface area contributed by atoms with E-state index in [2.05, 4.69) is 4.74 Å². The number of aliphatic hydroxyl groups is 1. The molecule has 18 unspecified atom stereocenters. The van der Waals surface area contributed by atoms with E-state index >= 15 is 0 Å². The first kappa shape index (κ1) is 33.1. The molecule has 2 saturated carbocycles. The van der Waals surface area contributed by atoms with Crippen LogP contribution in [0.3, 0.4) is 0 Å². The Kier molecular flexibility index (Phi) is 8.33. The second-order valence-electron chi connectivity index (χ2n) is 14.3. The number of hydrogen-bond acceptors (Lipinski definition) is 13. The van der Waals surface area contributed by atoms with Crippen molar-refractivity contribution in [1.82, 2.24) is 0 Å². The molecule has 8 bridgehead atoms. The summed E-state index contributed by atoms with van der Waals surface area (Å²) < 4.78 is 31.4. The molecule has 2 N–H and O–H groups in total. The molecule has 11 aliphatic rings. The molecule has 0 aromatic rings. The lowest BCUT2D eigenvalue weighted by Crippen LogP contribution is -2.43. The average Bonchev–Trinajstić information content (AvgIpc) is 3.91. The van der Waals surface area contributed by atoms with Crippen LogP contribution in [-0.2, 0) is 57.2 Å². The van der Waals surface area contributed by atoms with Gasteiger partial charge in [-0.25, -0.2) is 0 Å². The molecule has 7 aliphatic heterocycles. The summed E-state index contributed by atoms with van der Waals surface area (Å²) in [5.41, 5.74) is 0. The largest absolute Gasteiger partial charge is 1.00 e. The van der Waals surface area contributed by atoms with Crippen molar-refractivity contribution in [3.8, 4) is 0 Å². The second-order valence-corrected chi connectivity index (χ2v) is 15.1. The van der Waals surface area contributed by atoms with Crippen molar-refractivity contribution in [2.45, 2.75) is 74.5 Å². The molecule has 7 saturated heterocycles. The van der Waals surface area contributed by atoms with Crippen LogP contribution in [0.25, 0.3) is 0 Å². The van der Waals surface area contributed by atoms with Crippen LogP contribution in [0.2, 0.25) is 0 Å². The van der Waals surface area contributed by atoms with Crippen molar-refractivity contribution >= 4 is 59.0 Å². The normalized spacial score (nSPS) is 49.4. The Bertz CT molecular complexity index is 1510. The highest BCUT2D eigenvalue weighted by Crippen LogP contribution is 2.53. The number of hydrogen-bond donors (Lipinski definition) is 2. The monoisotopic (exact) mass is 725 g/mol. The van der Waals surface area contributed by atoms with Gasteiger partial charge in [-0.05, 0) is 49.4 Å². The summed E-state index contributed by atoms with van der Waals surface area (Å²) >= 11 is 9.53. The third-order valence-electron chi connectivity index (χ3n) is 12.1. The van der Waals surface area contributed by atoms with Crippen molar-refractivity contribution in [1.29, 1.82) is 0 Å². The zero-order valence-corrected chi connectivity index (χ0v) is 27.3. The van der Waals surface area contributed by atoms with Gasteiger partial charge in [0.2, 0.25) is 0 Å². The number of carboxylic acids is 1. The molecule has 0 spiro atoms. The van der Waals surface area contributed by atoms with Crippen LogP contribution in [-0.4, -0.2) is 100 Å². The fourth-order valence-corrected chi connectivity index (χ4v) is 10.0. The van der Waals surface area contributed by atoms with Gasteiger partial charge in [-0.15, -0.1) is 23.2 Å². The minimum Gasteiger partial charge on any atom is -0.481 e. The number of rotatable bonds is 3. The van der Waals surface area contributed by atoms with E-state index in [9.17, 15) is 39.0 Å². The molecule has 0 aromatic heterocycles. The summed E-state index contributed by atoms with van der Waals surface area (Å²) in [5, 5.41) is 19.0. The summed E-state index contributed by atoms with van der Waals surface area (Å²) in [6.45, 7) is 0. The number of aliphatic carboxylic acids is 1. The van der Waals surface area contributed by atoms with Crippen molar-refractivity contribution in [2.75, 3.05) is 5.34 Å². The molecule has 14 nitrogen and oxygen atoms in total. The predicted molar refractivity (Wildman–Crippen MR) is 161 cm³/mol. The zero-order chi connectivity index (χ0) is 34.5. The summed E-state index contributed by atoms with van der Waals surface area (Å²) in [6, 6.07) is 0. The quantitative estimate of drug-likeness (QED) is 0.138. The maximum atomic E-state index is 12.6. The Morgan fingerprint density at radius 3 is 1.78 bits per heavy atom. The van der Waals surface area contributed by atoms with E-state index in [1.54, 1.807) is 0 Å². The topological polar surface area (TPSA) is 198 Å². The Balaban J connectivity index is 0.000000122. The number of esters is 5. The van der Waals surface area contributed by atoms with Gasteiger partial charge >= 0.3 is 37.2 Å². The van der Waals surface area contributed by atoms with Gasteiger partial charge in [0.25, 0.3) is 0 Å². The van der Waals surface area contributed by atoms with Gasteiger partial charge in [0.1, 0.15) is 18.3 Å². The highest BCUT2D eigenvalue weighted by molar-refractivity contribution is 6.40. The van der Waals surface area contributed by atoms with Crippen LogP contribution in [0.5, 0.6) is 0 Å². The lowest BCUT2D eigenvalue weighted by molar-refractivity contribution is -0.169. The molecule has 4 aliphatic carbocycles. The second kappa shape index (κ2) is 12.3. The van der Waals surface area contributed by atoms with Crippen LogP contribution >= 0.6 is 23.2 Å². The lowest BCUT2D eigenvalue weighted by Gasteiger charge is -2.27. The van der Waals surface area contributed by atoms with E-state index in [0.717, 1.165) is 6.42 Å². The molecule has 11 rings (SSSR count). The number of carbonyl (C=O) groups excluding carboxylic acids is 5. The standard InChI is InChI=1S/C16H16O7.C9H8O3.C7H8O4.CH2Cl2/c17-14(18)9-5-1-2-6(3-5)10(9)16(20)22-12-8-4-7-11(21-8)13(12)23-15(7)19;10-8-6-4-1-2-5(3-4)7(6)9(11)12-8;8-4-3-1-2-5(10-3)6(4)11-7(2)9;2-1-3/h1-2,5-13H,3-4H2,(H,17,18);1-2,4-7H,3H2;2-6,8H,1H2;1H2/p+1. The molecule has 49 heavy (non-hydrogen) atoms. The van der Waals surface area contributed by atoms with E-state index in [4.69, 9.17) is 46.9 Å². The van der Waals surface area contributed by atoms with E-state index in [1.807, 2.05) is 24.3 Å². The summed E-state index contributed by atoms with van der Waals surface area (Å²) in [5.74, 6) is -4.17. The Morgan fingerprint density at radius 2 is 1.20 bits per heavy atom. The molecule has 16 heteroatoms. The van der Waals surface area contributed by atoms with Crippen molar-refractivity contribution in [3.63, 3.8) is 0 Å². The lowest BCUT2D eigenvalue weighted by atomic mass is 9.83. The van der Waals surface area contributed by atoms with Gasteiger partial charge in [-0.1, -0.05) is 24.3 Å². The van der Waals surface area contributed by atoms with E-state index in [1.165, 1.54) is 0 Å². The van der Waals surface area contributed by atoms with Crippen molar-refractivity contribution in [3.05, 3.63) is 24.3 Å². The van der Waals surface area contributed by atoms with Crippen LogP contribution in [0.1, 0.15) is 27.1 Å². The Labute approximate surface area is 290 Å². The van der Waals surface area contributed by atoms with Crippen molar-refractivity contribution < 1.29 is 68.8 Å².